The van der Waals surface area contributed by atoms with Gasteiger partial charge >= 0.3 is 0 Å². The van der Waals surface area contributed by atoms with E-state index in [0.717, 1.165) is 42.0 Å². The fourth-order valence-corrected chi connectivity index (χ4v) is 3.45. The summed E-state index contributed by atoms with van der Waals surface area (Å²) in [6.07, 6.45) is 2.69. The average Bonchev–Trinajstić information content (AvgIpc) is 2.64. The molecule has 2 atom stereocenters. The Morgan fingerprint density at radius 1 is 0.800 bits per heavy atom. The summed E-state index contributed by atoms with van der Waals surface area (Å²) in [6.45, 7) is 2.13. The van der Waals surface area contributed by atoms with Crippen molar-refractivity contribution in [3.63, 3.8) is 0 Å². The molecular formula is C23H24F2. The lowest BCUT2D eigenvalue weighted by molar-refractivity contribution is 0.273. The van der Waals surface area contributed by atoms with Crippen LogP contribution in [-0.2, 0) is 0 Å². The van der Waals surface area contributed by atoms with E-state index in [-0.39, 0.29) is 11.7 Å². The van der Waals surface area contributed by atoms with Gasteiger partial charge in [0.05, 0.1) is 0 Å². The van der Waals surface area contributed by atoms with Crippen LogP contribution < -0.4 is 0 Å². The molecule has 0 amide bonds. The number of hydrogen-bond acceptors (Lipinski definition) is 0. The fourth-order valence-electron chi connectivity index (χ4n) is 3.45. The first-order chi connectivity index (χ1) is 12.2. The highest BCUT2D eigenvalue weighted by atomic mass is 19.1. The first-order valence-electron chi connectivity index (χ1n) is 9.07. The quantitative estimate of drug-likeness (QED) is 0.395. The van der Waals surface area contributed by atoms with Crippen LogP contribution >= 0.6 is 0 Å². The molecule has 0 saturated heterocycles. The van der Waals surface area contributed by atoms with E-state index in [1.165, 1.54) is 12.1 Å². The Bertz CT molecular complexity index is 825. The average molecular weight is 338 g/mol. The first kappa shape index (κ1) is 17.6. The molecule has 0 aliphatic rings. The molecule has 2 unspecified atom stereocenters. The third kappa shape index (κ3) is 4.25. The van der Waals surface area contributed by atoms with Crippen molar-refractivity contribution in [2.75, 3.05) is 0 Å². The van der Waals surface area contributed by atoms with Crippen LogP contribution in [0.2, 0.25) is 0 Å². The van der Waals surface area contributed by atoms with Gasteiger partial charge in [0.2, 0.25) is 0 Å². The Hall–Kier alpha value is -2.22. The summed E-state index contributed by atoms with van der Waals surface area (Å²) in [4.78, 5) is 0. The Kier molecular flexibility index (Phi) is 5.80. The molecule has 25 heavy (non-hydrogen) atoms. The summed E-state index contributed by atoms with van der Waals surface area (Å²) in [7, 11) is 0. The Morgan fingerprint density at radius 3 is 2.36 bits per heavy atom. The highest BCUT2D eigenvalue weighted by molar-refractivity contribution is 5.83. The summed E-state index contributed by atoms with van der Waals surface area (Å²) >= 11 is 0. The molecule has 130 valence electrons. The summed E-state index contributed by atoms with van der Waals surface area (Å²) in [5.74, 6) is -0.618. The van der Waals surface area contributed by atoms with Gasteiger partial charge in [0, 0.05) is 5.92 Å². The van der Waals surface area contributed by atoms with Gasteiger partial charge in [-0.15, -0.1) is 0 Å². The predicted octanol–water partition coefficient (Wildman–Crippen LogP) is 7.35. The molecule has 0 aromatic heterocycles. The molecule has 2 heteroatoms. The molecule has 0 radical (unpaired) electrons. The molecule has 3 aromatic carbocycles. The highest BCUT2D eigenvalue weighted by Crippen LogP contribution is 2.39. The molecule has 0 spiro atoms. The van der Waals surface area contributed by atoms with Gasteiger partial charge in [-0.05, 0) is 46.5 Å². The number of hydrogen-bond donors (Lipinski definition) is 0. The molecule has 3 rings (SSSR count). The number of unbranched alkanes of at least 4 members (excludes halogenated alkanes) is 2. The molecule has 0 saturated carbocycles. The number of halogens is 2. The van der Waals surface area contributed by atoms with Crippen LogP contribution in [0, 0.1) is 5.82 Å². The number of alkyl halides is 1. The summed E-state index contributed by atoms with van der Waals surface area (Å²) < 4.78 is 29.1. The van der Waals surface area contributed by atoms with Gasteiger partial charge in [-0.1, -0.05) is 74.7 Å². The van der Waals surface area contributed by atoms with Crippen molar-refractivity contribution in [1.82, 2.24) is 0 Å². The molecule has 3 aromatic rings. The molecule has 0 heterocycles. The van der Waals surface area contributed by atoms with Gasteiger partial charge in [-0.2, -0.15) is 0 Å². The summed E-state index contributed by atoms with van der Waals surface area (Å²) in [5.41, 5.74) is 1.42. The van der Waals surface area contributed by atoms with E-state index < -0.39 is 6.17 Å². The van der Waals surface area contributed by atoms with Gasteiger partial charge in [-0.25, -0.2) is 8.78 Å². The van der Waals surface area contributed by atoms with Crippen molar-refractivity contribution in [2.45, 2.75) is 44.7 Å². The maximum absolute atomic E-state index is 15.4. The van der Waals surface area contributed by atoms with E-state index in [1.54, 1.807) is 6.07 Å². The van der Waals surface area contributed by atoms with E-state index in [9.17, 15) is 4.39 Å². The lowest BCUT2D eigenvalue weighted by Gasteiger charge is -2.22. The second kappa shape index (κ2) is 8.24. The zero-order chi connectivity index (χ0) is 17.6. The fraction of sp³-hybridized carbons (Fsp3) is 0.304. The lowest BCUT2D eigenvalue weighted by atomic mass is 9.85. The van der Waals surface area contributed by atoms with Crippen molar-refractivity contribution in [3.05, 3.63) is 83.7 Å². The number of rotatable bonds is 7. The van der Waals surface area contributed by atoms with E-state index in [4.69, 9.17) is 0 Å². The van der Waals surface area contributed by atoms with Gasteiger partial charge in [0.15, 0.2) is 0 Å². The third-order valence-electron chi connectivity index (χ3n) is 4.84. The summed E-state index contributed by atoms with van der Waals surface area (Å²) in [6, 6.07) is 20.1. The molecule has 0 N–H and O–H groups in total. The zero-order valence-corrected chi connectivity index (χ0v) is 14.6. The van der Waals surface area contributed by atoms with Crippen molar-refractivity contribution in [1.29, 1.82) is 0 Å². The van der Waals surface area contributed by atoms with Gasteiger partial charge in [-0.3, -0.25) is 0 Å². The van der Waals surface area contributed by atoms with Crippen LogP contribution in [0.5, 0.6) is 0 Å². The van der Waals surface area contributed by atoms with Gasteiger partial charge < -0.3 is 0 Å². The first-order valence-corrected chi connectivity index (χ1v) is 9.07. The lowest BCUT2D eigenvalue weighted by Crippen LogP contribution is -2.08. The van der Waals surface area contributed by atoms with Crippen LogP contribution in [0.3, 0.4) is 0 Å². The second-order valence-electron chi connectivity index (χ2n) is 6.67. The SMILES string of the molecule is CCCCCC(c1cccc(F)c1)C(F)c1ccc2ccccc2c1. The molecular weight excluding hydrogens is 314 g/mol. The standard InChI is InChI=1S/C23H24F2/c1-2-3-4-12-22(19-10-7-11-21(24)16-19)23(25)20-14-13-17-8-5-6-9-18(17)15-20/h5-11,13-16,22-23H,2-4,12H2,1H3. The number of fused-ring (bicyclic) bond motifs is 1. The third-order valence-corrected chi connectivity index (χ3v) is 4.84. The largest absolute Gasteiger partial charge is 0.242 e. The van der Waals surface area contributed by atoms with Crippen molar-refractivity contribution in [2.24, 2.45) is 0 Å². The maximum atomic E-state index is 15.4. The predicted molar refractivity (Wildman–Crippen MR) is 101 cm³/mol. The Labute approximate surface area is 148 Å². The smallest absolute Gasteiger partial charge is 0.132 e. The van der Waals surface area contributed by atoms with Crippen molar-refractivity contribution in [3.8, 4) is 0 Å². The minimum Gasteiger partial charge on any atom is -0.242 e. The van der Waals surface area contributed by atoms with Crippen molar-refractivity contribution < 1.29 is 8.78 Å². The second-order valence-corrected chi connectivity index (χ2v) is 6.67. The normalized spacial score (nSPS) is 13.7. The molecule has 0 aliphatic carbocycles. The topological polar surface area (TPSA) is 0 Å². The van der Waals surface area contributed by atoms with Crippen LogP contribution in [-0.4, -0.2) is 0 Å². The van der Waals surface area contributed by atoms with Crippen molar-refractivity contribution >= 4 is 10.8 Å². The molecule has 0 nitrogen and oxygen atoms in total. The minimum atomic E-state index is -1.14. The molecule has 0 bridgehead atoms. The molecule has 0 fully saturated rings. The highest BCUT2D eigenvalue weighted by Gasteiger charge is 2.24. The summed E-state index contributed by atoms with van der Waals surface area (Å²) in [5, 5.41) is 2.14. The van der Waals surface area contributed by atoms with Crippen LogP contribution in [0.25, 0.3) is 10.8 Å². The van der Waals surface area contributed by atoms with E-state index in [0.29, 0.717) is 5.56 Å². The monoisotopic (exact) mass is 338 g/mol. The van der Waals surface area contributed by atoms with Gasteiger partial charge in [0.25, 0.3) is 0 Å². The zero-order valence-electron chi connectivity index (χ0n) is 14.6. The van der Waals surface area contributed by atoms with Gasteiger partial charge in [0.1, 0.15) is 12.0 Å². The minimum absolute atomic E-state index is 0.302. The Balaban J connectivity index is 1.92. The van der Waals surface area contributed by atoms with E-state index >= 15 is 4.39 Å². The number of benzene rings is 3. The Morgan fingerprint density at radius 2 is 1.60 bits per heavy atom. The maximum Gasteiger partial charge on any atom is 0.132 e. The van der Waals surface area contributed by atoms with Crippen LogP contribution in [0.15, 0.2) is 66.7 Å². The molecule has 0 aliphatic heterocycles. The van der Waals surface area contributed by atoms with Crippen LogP contribution in [0.1, 0.15) is 55.8 Å². The van der Waals surface area contributed by atoms with Crippen LogP contribution in [0.4, 0.5) is 8.78 Å². The van der Waals surface area contributed by atoms with E-state index in [1.807, 2.05) is 48.5 Å². The van der Waals surface area contributed by atoms with E-state index in [2.05, 4.69) is 6.92 Å².